The lowest BCUT2D eigenvalue weighted by Crippen LogP contribution is -2.33. The predicted molar refractivity (Wildman–Crippen MR) is 77.5 cm³/mol. The number of benzene rings is 1. The van der Waals surface area contributed by atoms with E-state index in [9.17, 15) is 4.79 Å². The van der Waals surface area contributed by atoms with Gasteiger partial charge in [-0.05, 0) is 30.9 Å². The van der Waals surface area contributed by atoms with Gasteiger partial charge in [0.1, 0.15) is 0 Å². The first-order valence-corrected chi connectivity index (χ1v) is 6.73. The molecule has 2 aromatic rings. The molecule has 0 fully saturated rings. The van der Waals surface area contributed by atoms with E-state index in [1.54, 1.807) is 4.90 Å². The quantitative estimate of drug-likeness (QED) is 0.859. The lowest BCUT2D eigenvalue weighted by molar-refractivity contribution is 0.0983. The topological polar surface area (TPSA) is 72.1 Å². The highest BCUT2D eigenvalue weighted by Gasteiger charge is 2.24. The molecular formula is C15H16N4O. The Balaban J connectivity index is 2.02. The number of anilines is 2. The van der Waals surface area contributed by atoms with Crippen molar-refractivity contribution >= 4 is 17.4 Å². The van der Waals surface area contributed by atoms with Gasteiger partial charge in [-0.1, -0.05) is 18.2 Å². The van der Waals surface area contributed by atoms with Crippen LogP contribution in [0.5, 0.6) is 0 Å². The van der Waals surface area contributed by atoms with E-state index >= 15 is 0 Å². The van der Waals surface area contributed by atoms with Crippen LogP contribution in [0.25, 0.3) is 0 Å². The second-order valence-electron chi connectivity index (χ2n) is 4.83. The van der Waals surface area contributed by atoms with E-state index in [-0.39, 0.29) is 17.4 Å². The number of nitrogens with zero attached hydrogens (tertiary/aromatic N) is 3. The Kier molecular flexibility index (Phi) is 3.33. The van der Waals surface area contributed by atoms with Gasteiger partial charge in [0.05, 0.1) is 0 Å². The molecule has 0 unspecified atom stereocenters. The van der Waals surface area contributed by atoms with Crippen molar-refractivity contribution in [2.45, 2.75) is 19.3 Å². The third-order valence-corrected chi connectivity index (χ3v) is 3.53. The van der Waals surface area contributed by atoms with Gasteiger partial charge in [-0.15, -0.1) is 0 Å². The first-order chi connectivity index (χ1) is 9.77. The Bertz CT molecular complexity index is 641. The monoisotopic (exact) mass is 268 g/mol. The van der Waals surface area contributed by atoms with E-state index < -0.39 is 0 Å². The average Bonchev–Trinajstić information content (AvgIpc) is 2.69. The van der Waals surface area contributed by atoms with Crippen LogP contribution < -0.4 is 10.6 Å². The Labute approximate surface area is 117 Å². The smallest absolute Gasteiger partial charge is 0.280 e. The summed E-state index contributed by atoms with van der Waals surface area (Å²) < 4.78 is 0. The van der Waals surface area contributed by atoms with Gasteiger partial charge in [-0.2, -0.15) is 0 Å². The van der Waals surface area contributed by atoms with E-state index in [0.717, 1.165) is 24.9 Å². The molecule has 0 bridgehead atoms. The van der Waals surface area contributed by atoms with Crippen LogP contribution in [0, 0.1) is 0 Å². The highest BCUT2D eigenvalue weighted by atomic mass is 16.2. The number of para-hydroxylation sites is 1. The fourth-order valence-electron chi connectivity index (χ4n) is 2.54. The number of nitrogen functional groups attached to an aromatic ring is 1. The zero-order chi connectivity index (χ0) is 13.9. The molecule has 0 atom stereocenters. The van der Waals surface area contributed by atoms with Gasteiger partial charge >= 0.3 is 0 Å². The van der Waals surface area contributed by atoms with E-state index in [2.05, 4.69) is 16.0 Å². The van der Waals surface area contributed by atoms with Crippen molar-refractivity contribution in [1.82, 2.24) is 9.97 Å². The Morgan fingerprint density at radius 3 is 2.80 bits per heavy atom. The van der Waals surface area contributed by atoms with Crippen molar-refractivity contribution in [3.05, 3.63) is 47.9 Å². The van der Waals surface area contributed by atoms with Gasteiger partial charge in [0.2, 0.25) is 0 Å². The number of aromatic nitrogens is 2. The van der Waals surface area contributed by atoms with Gasteiger partial charge in [0.15, 0.2) is 11.5 Å². The number of aryl methyl sites for hydroxylation is 1. The minimum absolute atomic E-state index is 0.176. The van der Waals surface area contributed by atoms with Gasteiger partial charge < -0.3 is 10.6 Å². The van der Waals surface area contributed by atoms with Gasteiger partial charge in [-0.25, -0.2) is 9.97 Å². The van der Waals surface area contributed by atoms with Crippen molar-refractivity contribution in [2.75, 3.05) is 17.2 Å². The first-order valence-electron chi connectivity index (χ1n) is 6.73. The third-order valence-electron chi connectivity index (χ3n) is 3.53. The summed E-state index contributed by atoms with van der Waals surface area (Å²) in [6, 6.07) is 8.00. The van der Waals surface area contributed by atoms with E-state index in [4.69, 9.17) is 5.73 Å². The molecule has 0 spiro atoms. The standard InChI is InChI=1S/C15H16N4O/c16-14-13(17-8-9-18-14)15(20)19-10-4-3-6-11-5-1-2-7-12(11)19/h1-2,5,7-9H,3-4,6,10H2,(H2,16,18). The zero-order valence-electron chi connectivity index (χ0n) is 11.1. The first kappa shape index (κ1) is 12.6. The minimum Gasteiger partial charge on any atom is -0.382 e. The summed E-state index contributed by atoms with van der Waals surface area (Å²) >= 11 is 0. The average molecular weight is 268 g/mol. The summed E-state index contributed by atoms with van der Waals surface area (Å²) in [7, 11) is 0. The van der Waals surface area contributed by atoms with Crippen molar-refractivity contribution in [1.29, 1.82) is 0 Å². The van der Waals surface area contributed by atoms with E-state index in [0.29, 0.717) is 6.54 Å². The molecule has 5 heteroatoms. The summed E-state index contributed by atoms with van der Waals surface area (Å²) in [4.78, 5) is 22.5. The third kappa shape index (κ3) is 2.22. The maximum Gasteiger partial charge on any atom is 0.280 e. The molecule has 0 aliphatic carbocycles. The largest absolute Gasteiger partial charge is 0.382 e. The van der Waals surface area contributed by atoms with Crippen LogP contribution in [0.1, 0.15) is 28.9 Å². The number of hydrogen-bond donors (Lipinski definition) is 1. The molecule has 20 heavy (non-hydrogen) atoms. The molecule has 1 aliphatic heterocycles. The Morgan fingerprint density at radius 2 is 1.95 bits per heavy atom. The number of nitrogens with two attached hydrogens (primary N) is 1. The molecule has 3 rings (SSSR count). The lowest BCUT2D eigenvalue weighted by Gasteiger charge is -2.22. The van der Waals surface area contributed by atoms with Crippen LogP contribution in [-0.4, -0.2) is 22.4 Å². The summed E-state index contributed by atoms with van der Waals surface area (Å²) in [5.41, 5.74) is 8.15. The molecule has 2 heterocycles. The van der Waals surface area contributed by atoms with Crippen LogP contribution in [-0.2, 0) is 6.42 Å². The minimum atomic E-state index is -0.176. The van der Waals surface area contributed by atoms with Crippen LogP contribution >= 0.6 is 0 Å². The molecule has 5 nitrogen and oxygen atoms in total. The van der Waals surface area contributed by atoms with Crippen LogP contribution in [0.15, 0.2) is 36.7 Å². The zero-order valence-corrected chi connectivity index (χ0v) is 11.1. The van der Waals surface area contributed by atoms with E-state index in [1.165, 1.54) is 18.0 Å². The number of hydrogen-bond acceptors (Lipinski definition) is 4. The predicted octanol–water partition coefficient (Wildman–Crippen LogP) is 2.04. The van der Waals surface area contributed by atoms with Gasteiger partial charge in [0, 0.05) is 24.6 Å². The van der Waals surface area contributed by atoms with Crippen molar-refractivity contribution in [3.8, 4) is 0 Å². The highest BCUT2D eigenvalue weighted by molar-refractivity contribution is 6.07. The fraction of sp³-hybridized carbons (Fsp3) is 0.267. The molecule has 2 N–H and O–H groups in total. The van der Waals surface area contributed by atoms with Crippen LogP contribution in [0.4, 0.5) is 11.5 Å². The molecule has 102 valence electrons. The van der Waals surface area contributed by atoms with E-state index in [1.807, 2.05) is 18.2 Å². The molecule has 1 amide bonds. The molecule has 0 saturated carbocycles. The molecule has 0 radical (unpaired) electrons. The number of rotatable bonds is 1. The lowest BCUT2D eigenvalue weighted by atomic mass is 10.1. The van der Waals surface area contributed by atoms with Crippen LogP contribution in [0.2, 0.25) is 0 Å². The summed E-state index contributed by atoms with van der Waals surface area (Å²) in [6.07, 6.45) is 6.03. The normalized spacial score (nSPS) is 14.5. The molecule has 1 aromatic carbocycles. The maximum atomic E-state index is 12.7. The Morgan fingerprint density at radius 1 is 1.15 bits per heavy atom. The summed E-state index contributed by atoms with van der Waals surface area (Å²) in [6.45, 7) is 0.686. The number of fused-ring (bicyclic) bond motifs is 1. The maximum absolute atomic E-state index is 12.7. The summed E-state index contributed by atoms with van der Waals surface area (Å²) in [5.74, 6) is 0.00387. The van der Waals surface area contributed by atoms with Gasteiger partial charge in [0.25, 0.3) is 5.91 Å². The van der Waals surface area contributed by atoms with Gasteiger partial charge in [-0.3, -0.25) is 4.79 Å². The fourth-order valence-corrected chi connectivity index (χ4v) is 2.54. The number of carbonyl (C=O) groups excluding carboxylic acids is 1. The van der Waals surface area contributed by atoms with Crippen LogP contribution in [0.3, 0.4) is 0 Å². The molecule has 1 aliphatic rings. The SMILES string of the molecule is Nc1nccnc1C(=O)N1CCCCc2ccccc21. The van der Waals surface area contributed by atoms with Crippen molar-refractivity contribution < 1.29 is 4.79 Å². The number of carbonyl (C=O) groups is 1. The second kappa shape index (κ2) is 5.28. The van der Waals surface area contributed by atoms with Crippen molar-refractivity contribution in [3.63, 3.8) is 0 Å². The second-order valence-corrected chi connectivity index (χ2v) is 4.83. The molecule has 0 saturated heterocycles. The van der Waals surface area contributed by atoms with Crippen molar-refractivity contribution in [2.24, 2.45) is 0 Å². The Hall–Kier alpha value is -2.43. The number of amides is 1. The highest BCUT2D eigenvalue weighted by Crippen LogP contribution is 2.27. The molecule has 1 aromatic heterocycles. The summed E-state index contributed by atoms with van der Waals surface area (Å²) in [5, 5.41) is 0. The molecular weight excluding hydrogens is 252 g/mol.